The van der Waals surface area contributed by atoms with Crippen molar-refractivity contribution in [1.29, 1.82) is 0 Å². The Hall–Kier alpha value is -3.26. The summed E-state index contributed by atoms with van der Waals surface area (Å²) in [7, 11) is -4.15. The van der Waals surface area contributed by atoms with Crippen molar-refractivity contribution in [3.8, 4) is 5.75 Å². The predicted octanol–water partition coefficient (Wildman–Crippen LogP) is 6.48. The van der Waals surface area contributed by atoms with Gasteiger partial charge in [-0.15, -0.1) is 0 Å². The van der Waals surface area contributed by atoms with E-state index in [1.54, 1.807) is 35.2 Å². The molecule has 0 N–H and O–H groups in total. The lowest BCUT2D eigenvalue weighted by molar-refractivity contribution is -0.137. The van der Waals surface area contributed by atoms with E-state index in [1.807, 2.05) is 6.92 Å². The summed E-state index contributed by atoms with van der Waals surface area (Å²) < 4.78 is 57.1. The number of carbonyl (C=O) groups is 1. The highest BCUT2D eigenvalue weighted by atomic mass is 32.2. The minimum absolute atomic E-state index is 0.000491. The van der Waals surface area contributed by atoms with Crippen LogP contribution in [0.4, 0.5) is 8.78 Å². The zero-order chi connectivity index (χ0) is 26.1. The highest BCUT2D eigenvalue weighted by Gasteiger charge is 2.24. The second-order valence-electron chi connectivity index (χ2n) is 8.71. The summed E-state index contributed by atoms with van der Waals surface area (Å²) in [6, 6.07) is 16.9. The first kappa shape index (κ1) is 27.3. The van der Waals surface area contributed by atoms with Gasteiger partial charge in [0.2, 0.25) is 5.91 Å². The first-order valence-corrected chi connectivity index (χ1v) is 13.4. The molecule has 1 atom stereocenters. The number of hydrogen-bond donors (Lipinski definition) is 0. The number of nitrogens with zero attached hydrogens (tertiary/aromatic N) is 1. The van der Waals surface area contributed by atoms with Crippen LogP contribution in [0.5, 0.6) is 5.75 Å². The normalized spacial score (nSPS) is 12.2. The van der Waals surface area contributed by atoms with Crippen LogP contribution in [0.2, 0.25) is 0 Å². The van der Waals surface area contributed by atoms with Gasteiger partial charge in [-0.1, -0.05) is 51.0 Å². The van der Waals surface area contributed by atoms with E-state index in [1.165, 1.54) is 18.2 Å². The summed E-state index contributed by atoms with van der Waals surface area (Å²) in [5.74, 6) is -0.947. The quantitative estimate of drug-likeness (QED) is 0.259. The van der Waals surface area contributed by atoms with Gasteiger partial charge in [-0.2, -0.15) is 8.42 Å². The Labute approximate surface area is 211 Å². The molecule has 3 rings (SSSR count). The van der Waals surface area contributed by atoms with Crippen molar-refractivity contribution in [2.75, 3.05) is 0 Å². The monoisotopic (exact) mass is 515 g/mol. The van der Waals surface area contributed by atoms with Crippen LogP contribution in [-0.4, -0.2) is 19.2 Å². The van der Waals surface area contributed by atoms with Gasteiger partial charge in [0.15, 0.2) is 0 Å². The summed E-state index contributed by atoms with van der Waals surface area (Å²) in [6.07, 6.45) is 3.42. The number of benzene rings is 3. The highest BCUT2D eigenvalue weighted by molar-refractivity contribution is 7.87. The molecule has 0 aliphatic heterocycles. The van der Waals surface area contributed by atoms with Gasteiger partial charge in [0, 0.05) is 19.0 Å². The Morgan fingerprint density at radius 1 is 0.889 bits per heavy atom. The molecule has 36 heavy (non-hydrogen) atoms. The second kappa shape index (κ2) is 12.6. The molecule has 5 nitrogen and oxygen atoms in total. The van der Waals surface area contributed by atoms with Gasteiger partial charge in [-0.3, -0.25) is 4.79 Å². The zero-order valence-electron chi connectivity index (χ0n) is 20.5. The summed E-state index contributed by atoms with van der Waals surface area (Å²) in [4.78, 5) is 15.0. The van der Waals surface area contributed by atoms with E-state index in [2.05, 4.69) is 6.92 Å². The smallest absolute Gasteiger partial charge is 0.339 e. The van der Waals surface area contributed by atoms with Crippen LogP contribution in [0, 0.1) is 17.6 Å². The molecule has 1 unspecified atom stereocenters. The Morgan fingerprint density at radius 3 is 2.11 bits per heavy atom. The maximum absolute atomic E-state index is 13.5. The molecule has 0 heterocycles. The van der Waals surface area contributed by atoms with Crippen LogP contribution in [0.15, 0.2) is 77.7 Å². The fraction of sp³-hybridized carbons (Fsp3) is 0.321. The van der Waals surface area contributed by atoms with Crippen molar-refractivity contribution in [3.05, 3.63) is 95.6 Å². The molecule has 0 saturated heterocycles. The zero-order valence-corrected chi connectivity index (χ0v) is 21.3. The largest absolute Gasteiger partial charge is 0.379 e. The molecule has 0 spiro atoms. The molecule has 3 aromatic carbocycles. The van der Waals surface area contributed by atoms with Gasteiger partial charge in [0.25, 0.3) is 0 Å². The Balaban J connectivity index is 1.83. The van der Waals surface area contributed by atoms with Crippen LogP contribution < -0.4 is 4.18 Å². The van der Waals surface area contributed by atoms with Crippen molar-refractivity contribution in [2.45, 2.75) is 57.5 Å². The number of hydrogen-bond acceptors (Lipinski definition) is 4. The van der Waals surface area contributed by atoms with E-state index in [0.29, 0.717) is 18.5 Å². The van der Waals surface area contributed by atoms with Gasteiger partial charge in [0.1, 0.15) is 22.3 Å². The van der Waals surface area contributed by atoms with Crippen molar-refractivity contribution in [2.24, 2.45) is 5.92 Å². The lowest BCUT2D eigenvalue weighted by Crippen LogP contribution is -2.35. The molecule has 0 fully saturated rings. The van der Waals surface area contributed by atoms with Crippen LogP contribution in [-0.2, 0) is 28.0 Å². The maximum atomic E-state index is 13.5. The molecular formula is C28H31F2NO4S. The standard InChI is InChI=1S/C28H31F2NO4S/c1-3-5-8-23(4-2)28(32)31(19-21-10-12-24(29)13-11-21)20-22-7-6-9-26(18-22)35-36(33,34)27-16-14-25(30)15-17-27/h6-7,9-18,23H,3-5,8,19-20H2,1-2H3. The average Bonchev–Trinajstić information content (AvgIpc) is 2.85. The SMILES string of the molecule is CCCCC(CC)C(=O)N(Cc1ccc(F)cc1)Cc1cccc(OS(=O)(=O)c2ccc(F)cc2)c1. The van der Waals surface area contributed by atoms with E-state index in [0.717, 1.165) is 49.1 Å². The van der Waals surface area contributed by atoms with E-state index in [4.69, 9.17) is 4.18 Å². The number of halogens is 2. The number of amides is 1. The molecule has 0 radical (unpaired) electrons. The third-order valence-electron chi connectivity index (χ3n) is 5.93. The lowest BCUT2D eigenvalue weighted by atomic mass is 9.97. The number of rotatable bonds is 12. The third-order valence-corrected chi connectivity index (χ3v) is 7.19. The van der Waals surface area contributed by atoms with Crippen LogP contribution >= 0.6 is 0 Å². The van der Waals surface area contributed by atoms with Gasteiger partial charge in [0.05, 0.1) is 0 Å². The Morgan fingerprint density at radius 2 is 1.50 bits per heavy atom. The molecule has 0 aliphatic carbocycles. The van der Waals surface area contributed by atoms with E-state index >= 15 is 0 Å². The van der Waals surface area contributed by atoms with Crippen LogP contribution in [0.1, 0.15) is 50.7 Å². The van der Waals surface area contributed by atoms with Crippen molar-refractivity contribution < 1.29 is 26.2 Å². The summed E-state index contributed by atoms with van der Waals surface area (Å²) in [5.41, 5.74) is 1.48. The molecule has 0 saturated carbocycles. The second-order valence-corrected chi connectivity index (χ2v) is 10.3. The molecule has 0 aromatic heterocycles. The molecular weight excluding hydrogens is 484 g/mol. The molecule has 8 heteroatoms. The van der Waals surface area contributed by atoms with Gasteiger partial charge < -0.3 is 9.08 Å². The lowest BCUT2D eigenvalue weighted by Gasteiger charge is -2.27. The predicted molar refractivity (Wildman–Crippen MR) is 135 cm³/mol. The number of unbranched alkanes of at least 4 members (excludes halogenated alkanes) is 1. The van der Waals surface area contributed by atoms with Crippen LogP contribution in [0.3, 0.4) is 0 Å². The van der Waals surface area contributed by atoms with E-state index < -0.39 is 15.9 Å². The highest BCUT2D eigenvalue weighted by Crippen LogP contribution is 2.24. The number of carbonyl (C=O) groups excluding carboxylic acids is 1. The first-order chi connectivity index (χ1) is 17.2. The molecule has 3 aromatic rings. The van der Waals surface area contributed by atoms with Crippen LogP contribution in [0.25, 0.3) is 0 Å². The van der Waals surface area contributed by atoms with Gasteiger partial charge in [-0.25, -0.2) is 8.78 Å². The fourth-order valence-electron chi connectivity index (χ4n) is 3.93. The van der Waals surface area contributed by atoms with E-state index in [-0.39, 0.29) is 34.8 Å². The molecule has 0 aliphatic rings. The molecule has 192 valence electrons. The Kier molecular flexibility index (Phi) is 9.58. The Bertz CT molecular complexity index is 1250. The third kappa shape index (κ3) is 7.62. The summed E-state index contributed by atoms with van der Waals surface area (Å²) in [6.45, 7) is 4.59. The van der Waals surface area contributed by atoms with Crippen molar-refractivity contribution >= 4 is 16.0 Å². The van der Waals surface area contributed by atoms with Crippen molar-refractivity contribution in [1.82, 2.24) is 4.90 Å². The minimum Gasteiger partial charge on any atom is -0.379 e. The summed E-state index contributed by atoms with van der Waals surface area (Å²) >= 11 is 0. The van der Waals surface area contributed by atoms with E-state index in [9.17, 15) is 22.0 Å². The van der Waals surface area contributed by atoms with Gasteiger partial charge >= 0.3 is 10.1 Å². The average molecular weight is 516 g/mol. The minimum atomic E-state index is -4.15. The topological polar surface area (TPSA) is 63.7 Å². The summed E-state index contributed by atoms with van der Waals surface area (Å²) in [5, 5.41) is 0. The molecule has 1 amide bonds. The van der Waals surface area contributed by atoms with Crippen molar-refractivity contribution in [3.63, 3.8) is 0 Å². The van der Waals surface area contributed by atoms with Gasteiger partial charge in [-0.05, 0) is 72.5 Å². The fourth-order valence-corrected chi connectivity index (χ4v) is 4.85. The molecule has 0 bridgehead atoms. The maximum Gasteiger partial charge on any atom is 0.339 e. The first-order valence-electron chi connectivity index (χ1n) is 12.0.